The number of nitrogens with zero attached hydrogens (tertiary/aromatic N) is 2. The Kier molecular flexibility index (Phi) is 28.8. The van der Waals surface area contributed by atoms with Crippen LogP contribution in [0.15, 0.2) is 0 Å². The molecule has 2 amide bonds. The van der Waals surface area contributed by atoms with Crippen LogP contribution in [0.25, 0.3) is 0 Å². The zero-order valence-electron chi connectivity index (χ0n) is 33.8. The molecule has 0 aliphatic carbocycles. The zero-order chi connectivity index (χ0) is 40.7. The number of aliphatic carboxylic acids is 1. The number of unbranched alkanes of at least 4 members (excludes halogenated alkanes) is 1. The third kappa shape index (κ3) is 61.1. The molecule has 0 aromatic rings. The Labute approximate surface area is 295 Å². The van der Waals surface area contributed by atoms with Crippen molar-refractivity contribution in [1.82, 2.24) is 20.4 Å². The molecule has 12 nitrogen and oxygen atoms in total. The molecule has 0 aromatic carbocycles. The van der Waals surface area contributed by atoms with E-state index in [1.165, 1.54) is 24.8 Å². The maximum absolute atomic E-state index is 11.6. The number of hydrogen-bond acceptors (Lipinski definition) is 9. The van der Waals surface area contributed by atoms with E-state index in [-0.39, 0.29) is 23.7 Å². The van der Waals surface area contributed by atoms with Crippen LogP contribution in [0, 0.1) is 0 Å². The van der Waals surface area contributed by atoms with Crippen LogP contribution in [0.4, 0.5) is 22.8 Å². The number of aldehydes is 1. The van der Waals surface area contributed by atoms with Gasteiger partial charge in [-0.15, -0.1) is 0 Å². The second-order valence-corrected chi connectivity index (χ2v) is 16.3. The van der Waals surface area contributed by atoms with Crippen LogP contribution in [0.5, 0.6) is 0 Å². The summed E-state index contributed by atoms with van der Waals surface area (Å²) in [4.78, 5) is 44.4. The molecule has 0 fully saturated rings. The molecule has 5 N–H and O–H groups in total. The van der Waals surface area contributed by atoms with Gasteiger partial charge in [0.25, 0.3) is 0 Å². The number of carboxylic acids is 1. The lowest BCUT2D eigenvalue weighted by Crippen LogP contribution is -2.43. The molecule has 0 bridgehead atoms. The van der Waals surface area contributed by atoms with E-state index in [0.29, 0.717) is 18.4 Å². The zero-order valence-corrected chi connectivity index (χ0v) is 33.8. The highest BCUT2D eigenvalue weighted by Gasteiger charge is 2.38. The number of ether oxygens (including phenoxy) is 2. The molecular formula is C34H72F3N5O7. The van der Waals surface area contributed by atoms with Gasteiger partial charge in [0.2, 0.25) is 0 Å². The molecule has 0 aliphatic heterocycles. The summed E-state index contributed by atoms with van der Waals surface area (Å²) >= 11 is 0. The van der Waals surface area contributed by atoms with E-state index in [1.807, 2.05) is 41.5 Å². The highest BCUT2D eigenvalue weighted by Crippen LogP contribution is 2.13. The Balaban J connectivity index is -0.000000174. The maximum atomic E-state index is 11.6. The van der Waals surface area contributed by atoms with E-state index in [4.69, 9.17) is 25.1 Å². The number of hydrogen-bond donors (Lipinski definition) is 4. The molecule has 0 radical (unpaired) electrons. The van der Waals surface area contributed by atoms with E-state index in [9.17, 15) is 27.6 Å². The standard InChI is InChI=1S/C12H26N2O2.C8H15NO3.C8H19N.C4H11N.C2HF3O2/c1-11(2,3)13-8-9-14(7)10(15)16-12(4,5)6;1-8(2,3)12-7(11)9(4)5-6-10;1-5-6-7-9-8(2,3)4;1-4(2,3)5;3-2(4,5)1(6)7/h13H,8-9H2,1-7H3;6H,5H2,1-4H3;9H,5-7H2,1-4H3;5H2,1-3H3;(H,6,7). The SMILES string of the molecule is CC(C)(C)N.CCCCNC(C)(C)C.CN(CC=O)C(=O)OC(C)(C)C.CN(CCNC(C)(C)C)C(=O)OC(C)(C)C.O=C(O)C(F)(F)F. The van der Waals surface area contributed by atoms with Crippen molar-refractivity contribution in [2.75, 3.05) is 40.3 Å². The first-order valence-electron chi connectivity index (χ1n) is 16.3. The molecule has 0 rings (SSSR count). The average Bonchev–Trinajstić information content (AvgIpc) is 2.80. The summed E-state index contributed by atoms with van der Waals surface area (Å²) in [5.41, 5.74) is 4.80. The van der Waals surface area contributed by atoms with E-state index in [0.717, 1.165) is 13.1 Å². The number of carbonyl (C=O) groups excluding carboxylic acids is 3. The fourth-order valence-electron chi connectivity index (χ4n) is 2.20. The Morgan fingerprint density at radius 1 is 0.714 bits per heavy atom. The number of alkyl halides is 3. The highest BCUT2D eigenvalue weighted by molar-refractivity contribution is 5.73. The van der Waals surface area contributed by atoms with Crippen molar-refractivity contribution in [2.45, 2.75) is 158 Å². The molecule has 49 heavy (non-hydrogen) atoms. The molecule has 0 heterocycles. The normalized spacial score (nSPS) is 11.7. The lowest BCUT2D eigenvalue weighted by molar-refractivity contribution is -0.192. The van der Waals surface area contributed by atoms with Crippen LogP contribution in [0.1, 0.15) is 124 Å². The molecule has 0 aromatic heterocycles. The van der Waals surface area contributed by atoms with Crippen LogP contribution in [0.2, 0.25) is 0 Å². The van der Waals surface area contributed by atoms with Crippen LogP contribution in [-0.2, 0) is 19.1 Å². The quantitative estimate of drug-likeness (QED) is 0.154. The summed E-state index contributed by atoms with van der Waals surface area (Å²) in [7, 11) is 3.26. The smallest absolute Gasteiger partial charge is 0.475 e. The number of amides is 2. The molecule has 296 valence electrons. The van der Waals surface area contributed by atoms with E-state index in [1.54, 1.807) is 32.7 Å². The first-order chi connectivity index (χ1) is 21.4. The summed E-state index contributed by atoms with van der Waals surface area (Å²) in [5, 5.41) is 13.9. The first-order valence-corrected chi connectivity index (χ1v) is 16.3. The summed E-state index contributed by atoms with van der Waals surface area (Å²) < 4.78 is 42.0. The highest BCUT2D eigenvalue weighted by atomic mass is 19.4. The Morgan fingerprint density at radius 3 is 1.27 bits per heavy atom. The lowest BCUT2D eigenvalue weighted by atomic mass is 10.1. The summed E-state index contributed by atoms with van der Waals surface area (Å²) in [6.45, 7) is 34.6. The monoisotopic (exact) mass is 720 g/mol. The van der Waals surface area contributed by atoms with Crippen molar-refractivity contribution in [3.63, 3.8) is 0 Å². The summed E-state index contributed by atoms with van der Waals surface area (Å²) in [6, 6.07) is 0. The Morgan fingerprint density at radius 2 is 1.02 bits per heavy atom. The predicted molar refractivity (Wildman–Crippen MR) is 192 cm³/mol. The van der Waals surface area contributed by atoms with E-state index >= 15 is 0 Å². The predicted octanol–water partition coefficient (Wildman–Crippen LogP) is 6.85. The maximum Gasteiger partial charge on any atom is 0.490 e. The van der Waals surface area contributed by atoms with Crippen LogP contribution >= 0.6 is 0 Å². The minimum absolute atomic E-state index is 0. The summed E-state index contributed by atoms with van der Waals surface area (Å²) in [5.74, 6) is -2.76. The van der Waals surface area contributed by atoms with Gasteiger partial charge < -0.3 is 45.5 Å². The number of nitrogens with two attached hydrogens (primary N) is 1. The van der Waals surface area contributed by atoms with Crippen molar-refractivity contribution in [1.29, 1.82) is 0 Å². The fraction of sp³-hybridized carbons (Fsp3) is 0.882. The van der Waals surface area contributed by atoms with Gasteiger partial charge >= 0.3 is 24.3 Å². The number of carbonyl (C=O) groups is 4. The van der Waals surface area contributed by atoms with Crippen molar-refractivity contribution in [3.8, 4) is 0 Å². The second kappa shape index (κ2) is 25.3. The average molecular weight is 720 g/mol. The van der Waals surface area contributed by atoms with Gasteiger partial charge in [0.05, 0.1) is 6.54 Å². The minimum Gasteiger partial charge on any atom is -0.475 e. The van der Waals surface area contributed by atoms with Crippen molar-refractivity contribution in [3.05, 3.63) is 0 Å². The van der Waals surface area contributed by atoms with E-state index < -0.39 is 29.4 Å². The number of halogens is 3. The van der Waals surface area contributed by atoms with Crippen LogP contribution in [-0.4, -0.2) is 114 Å². The van der Waals surface area contributed by atoms with Gasteiger partial charge in [-0.3, -0.25) is 0 Å². The van der Waals surface area contributed by atoms with Gasteiger partial charge in [-0.05, 0) is 117 Å². The first kappa shape index (κ1) is 55.8. The number of likely N-dealkylation sites (N-methyl/N-ethyl adjacent to an activating group) is 2. The van der Waals surface area contributed by atoms with Gasteiger partial charge in [-0.25, -0.2) is 14.4 Å². The van der Waals surface area contributed by atoms with Crippen LogP contribution < -0.4 is 16.4 Å². The Bertz CT molecular complexity index is 893. The van der Waals surface area contributed by atoms with Gasteiger partial charge in [-0.1, -0.05) is 13.3 Å². The van der Waals surface area contributed by atoms with E-state index in [2.05, 4.69) is 59.1 Å². The molecule has 0 spiro atoms. The second-order valence-electron chi connectivity index (χ2n) is 16.3. The molecular weight excluding hydrogens is 647 g/mol. The number of carboxylic acid groups (broad SMARTS) is 1. The van der Waals surface area contributed by atoms with Gasteiger partial charge in [-0.2, -0.15) is 13.2 Å². The summed E-state index contributed by atoms with van der Waals surface area (Å²) in [6.07, 6.45) is -2.61. The van der Waals surface area contributed by atoms with Gasteiger partial charge in [0.1, 0.15) is 17.5 Å². The van der Waals surface area contributed by atoms with Crippen LogP contribution in [0.3, 0.4) is 0 Å². The number of rotatable bonds is 8. The molecule has 0 aliphatic rings. The van der Waals surface area contributed by atoms with Gasteiger partial charge in [0.15, 0.2) is 0 Å². The third-order valence-corrected chi connectivity index (χ3v) is 4.29. The molecule has 0 unspecified atom stereocenters. The van der Waals surface area contributed by atoms with Gasteiger partial charge in [0, 0.05) is 43.8 Å². The number of nitrogens with one attached hydrogen (secondary N) is 2. The van der Waals surface area contributed by atoms with Crippen molar-refractivity contribution >= 4 is 24.4 Å². The Hall–Kier alpha value is -2.65. The molecule has 0 saturated carbocycles. The lowest BCUT2D eigenvalue weighted by Gasteiger charge is -2.26. The molecule has 15 heteroatoms. The third-order valence-electron chi connectivity index (χ3n) is 4.29. The minimum atomic E-state index is -5.08. The molecule has 0 saturated heterocycles. The largest absolute Gasteiger partial charge is 0.490 e. The topological polar surface area (TPSA) is 164 Å². The van der Waals surface area contributed by atoms with Crippen molar-refractivity contribution < 1.29 is 46.9 Å². The van der Waals surface area contributed by atoms with Crippen molar-refractivity contribution in [2.24, 2.45) is 5.73 Å². The molecule has 0 atom stereocenters. The fourth-order valence-corrected chi connectivity index (χ4v) is 2.20.